The fourth-order valence-corrected chi connectivity index (χ4v) is 3.17. The molecule has 5 rings (SSSR count). The minimum Gasteiger partial charge on any atom is -0.436 e. The minimum absolute atomic E-state index is 0.620. The molecular formula is C22H16N2O2. The van der Waals surface area contributed by atoms with Crippen molar-refractivity contribution in [1.29, 1.82) is 0 Å². The van der Waals surface area contributed by atoms with E-state index in [1.54, 1.807) is 0 Å². The molecule has 0 aliphatic heterocycles. The van der Waals surface area contributed by atoms with Crippen LogP contribution in [-0.4, -0.2) is 9.97 Å². The van der Waals surface area contributed by atoms with Crippen LogP contribution in [0.5, 0.6) is 0 Å². The fourth-order valence-electron chi connectivity index (χ4n) is 3.17. The number of oxazole rings is 2. The molecule has 2 aromatic heterocycles. The Morgan fingerprint density at radius 2 is 1.00 bits per heavy atom. The Labute approximate surface area is 150 Å². The highest BCUT2D eigenvalue weighted by molar-refractivity contribution is 5.81. The summed E-state index contributed by atoms with van der Waals surface area (Å²) < 4.78 is 11.8. The molecule has 0 amide bonds. The molecule has 0 aliphatic carbocycles. The summed E-state index contributed by atoms with van der Waals surface area (Å²) in [6, 6.07) is 19.8. The Morgan fingerprint density at radius 3 is 1.38 bits per heavy atom. The van der Waals surface area contributed by atoms with Gasteiger partial charge in [0.25, 0.3) is 0 Å². The van der Waals surface area contributed by atoms with E-state index in [-0.39, 0.29) is 0 Å². The average molecular weight is 340 g/mol. The van der Waals surface area contributed by atoms with Crippen LogP contribution in [0.1, 0.15) is 11.1 Å². The molecule has 2 heterocycles. The molecule has 0 spiro atoms. The number of para-hydroxylation sites is 2. The maximum absolute atomic E-state index is 5.89. The van der Waals surface area contributed by atoms with Gasteiger partial charge in [-0.3, -0.25) is 0 Å². The monoisotopic (exact) mass is 340 g/mol. The third-order valence-corrected chi connectivity index (χ3v) is 4.62. The van der Waals surface area contributed by atoms with Crippen LogP contribution in [0.15, 0.2) is 69.5 Å². The number of aromatic nitrogens is 2. The molecule has 0 unspecified atom stereocenters. The quantitative estimate of drug-likeness (QED) is 0.400. The molecule has 0 saturated heterocycles. The molecule has 0 N–H and O–H groups in total. The van der Waals surface area contributed by atoms with E-state index in [4.69, 9.17) is 8.83 Å². The van der Waals surface area contributed by atoms with Gasteiger partial charge in [0.05, 0.1) is 0 Å². The average Bonchev–Trinajstić information content (AvgIpc) is 3.28. The number of rotatable bonds is 2. The second kappa shape index (κ2) is 5.56. The predicted molar refractivity (Wildman–Crippen MR) is 102 cm³/mol. The molecule has 0 atom stereocenters. The van der Waals surface area contributed by atoms with Crippen LogP contribution in [0.25, 0.3) is 45.1 Å². The zero-order valence-electron chi connectivity index (χ0n) is 14.5. The van der Waals surface area contributed by atoms with Gasteiger partial charge in [-0.15, -0.1) is 0 Å². The van der Waals surface area contributed by atoms with Crippen LogP contribution >= 0.6 is 0 Å². The Morgan fingerprint density at radius 1 is 0.577 bits per heavy atom. The third-order valence-electron chi connectivity index (χ3n) is 4.62. The van der Waals surface area contributed by atoms with E-state index in [0.29, 0.717) is 11.8 Å². The van der Waals surface area contributed by atoms with E-state index >= 15 is 0 Å². The molecule has 126 valence electrons. The summed E-state index contributed by atoms with van der Waals surface area (Å²) in [6.45, 7) is 4.07. The zero-order chi connectivity index (χ0) is 17.7. The highest BCUT2D eigenvalue weighted by Gasteiger charge is 2.12. The van der Waals surface area contributed by atoms with E-state index in [0.717, 1.165) is 44.5 Å². The first-order valence-corrected chi connectivity index (χ1v) is 8.52. The van der Waals surface area contributed by atoms with Crippen LogP contribution in [0.2, 0.25) is 0 Å². The van der Waals surface area contributed by atoms with Gasteiger partial charge >= 0.3 is 0 Å². The summed E-state index contributed by atoms with van der Waals surface area (Å²) in [7, 11) is 0. The largest absolute Gasteiger partial charge is 0.436 e. The summed E-state index contributed by atoms with van der Waals surface area (Å²) in [5.74, 6) is 1.24. The topological polar surface area (TPSA) is 52.1 Å². The Balaban J connectivity index is 1.55. The molecule has 3 aromatic carbocycles. The number of aryl methyl sites for hydroxylation is 2. The maximum atomic E-state index is 5.89. The number of benzene rings is 3. The molecule has 5 aromatic rings. The van der Waals surface area contributed by atoms with Gasteiger partial charge in [-0.25, -0.2) is 9.97 Å². The summed E-state index contributed by atoms with van der Waals surface area (Å²) in [5, 5.41) is 0. The molecule has 4 nitrogen and oxygen atoms in total. The van der Waals surface area contributed by atoms with Crippen molar-refractivity contribution in [2.45, 2.75) is 13.8 Å². The van der Waals surface area contributed by atoms with Gasteiger partial charge in [-0.2, -0.15) is 0 Å². The van der Waals surface area contributed by atoms with Crippen molar-refractivity contribution in [3.63, 3.8) is 0 Å². The molecule has 26 heavy (non-hydrogen) atoms. The fraction of sp³-hybridized carbons (Fsp3) is 0.0909. The summed E-state index contributed by atoms with van der Waals surface area (Å²) in [4.78, 5) is 9.25. The molecular weight excluding hydrogens is 324 g/mol. The van der Waals surface area contributed by atoms with Gasteiger partial charge in [0.1, 0.15) is 11.0 Å². The van der Waals surface area contributed by atoms with Gasteiger partial charge in [0, 0.05) is 11.1 Å². The van der Waals surface area contributed by atoms with Crippen molar-refractivity contribution in [1.82, 2.24) is 9.97 Å². The summed E-state index contributed by atoms with van der Waals surface area (Å²) >= 11 is 0. The lowest BCUT2D eigenvalue weighted by Crippen LogP contribution is -1.81. The zero-order valence-corrected chi connectivity index (χ0v) is 14.5. The maximum Gasteiger partial charge on any atom is 0.227 e. The van der Waals surface area contributed by atoms with E-state index < -0.39 is 0 Å². The minimum atomic E-state index is 0.620. The predicted octanol–water partition coefficient (Wildman–Crippen LogP) is 5.92. The van der Waals surface area contributed by atoms with Gasteiger partial charge in [-0.1, -0.05) is 24.3 Å². The van der Waals surface area contributed by atoms with E-state index in [2.05, 4.69) is 9.97 Å². The van der Waals surface area contributed by atoms with Gasteiger partial charge in [0.15, 0.2) is 11.2 Å². The first-order chi connectivity index (χ1) is 12.7. The van der Waals surface area contributed by atoms with Crippen LogP contribution in [0.3, 0.4) is 0 Å². The molecule has 0 fully saturated rings. The van der Waals surface area contributed by atoms with Crippen molar-refractivity contribution < 1.29 is 8.83 Å². The van der Waals surface area contributed by atoms with Crippen LogP contribution in [0.4, 0.5) is 0 Å². The van der Waals surface area contributed by atoms with E-state index in [1.165, 1.54) is 0 Å². The first kappa shape index (κ1) is 14.9. The van der Waals surface area contributed by atoms with Gasteiger partial charge in [0.2, 0.25) is 11.8 Å². The lowest BCUT2D eigenvalue weighted by Gasteiger charge is -1.97. The van der Waals surface area contributed by atoms with Crippen molar-refractivity contribution in [3.8, 4) is 22.9 Å². The number of fused-ring (bicyclic) bond motifs is 2. The van der Waals surface area contributed by atoms with Crippen molar-refractivity contribution in [3.05, 3.63) is 71.8 Å². The highest BCUT2D eigenvalue weighted by atomic mass is 16.4. The SMILES string of the molecule is Cc1cccc2oc(-c3ccc(-c4nc5c(C)cccc5o4)cc3)nc12. The van der Waals surface area contributed by atoms with E-state index in [1.807, 2.05) is 74.5 Å². The van der Waals surface area contributed by atoms with Crippen molar-refractivity contribution >= 4 is 22.2 Å². The second-order valence-corrected chi connectivity index (χ2v) is 6.46. The van der Waals surface area contributed by atoms with E-state index in [9.17, 15) is 0 Å². The second-order valence-electron chi connectivity index (χ2n) is 6.46. The lowest BCUT2D eigenvalue weighted by atomic mass is 10.1. The number of nitrogens with zero attached hydrogens (tertiary/aromatic N) is 2. The van der Waals surface area contributed by atoms with Gasteiger partial charge in [-0.05, 0) is 61.4 Å². The third kappa shape index (κ3) is 2.30. The van der Waals surface area contributed by atoms with Crippen LogP contribution < -0.4 is 0 Å². The number of hydrogen-bond acceptors (Lipinski definition) is 4. The van der Waals surface area contributed by atoms with Crippen molar-refractivity contribution in [2.24, 2.45) is 0 Å². The normalized spacial score (nSPS) is 11.5. The summed E-state index contributed by atoms with van der Waals surface area (Å²) in [5.41, 5.74) is 7.49. The molecule has 4 heteroatoms. The lowest BCUT2D eigenvalue weighted by molar-refractivity contribution is 0.617. The van der Waals surface area contributed by atoms with Crippen molar-refractivity contribution in [2.75, 3.05) is 0 Å². The highest BCUT2D eigenvalue weighted by Crippen LogP contribution is 2.30. The van der Waals surface area contributed by atoms with Gasteiger partial charge < -0.3 is 8.83 Å². The van der Waals surface area contributed by atoms with Crippen LogP contribution in [0, 0.1) is 13.8 Å². The molecule has 0 bridgehead atoms. The standard InChI is InChI=1S/C22H16N2O2/c1-13-5-3-7-17-19(13)23-21(25-17)15-9-11-16(12-10-15)22-24-20-14(2)6-4-8-18(20)26-22/h3-12H,1-2H3. The smallest absolute Gasteiger partial charge is 0.227 e. The van der Waals surface area contributed by atoms with Crippen LogP contribution in [-0.2, 0) is 0 Å². The Bertz CT molecular complexity index is 1150. The summed E-state index contributed by atoms with van der Waals surface area (Å²) in [6.07, 6.45) is 0. The number of hydrogen-bond donors (Lipinski definition) is 0. The first-order valence-electron chi connectivity index (χ1n) is 8.52. The molecule has 0 aliphatic rings. The Hall–Kier alpha value is -3.40. The molecule has 0 saturated carbocycles. The Kier molecular flexibility index (Phi) is 3.19. The molecule has 0 radical (unpaired) electrons.